The zero-order valence-corrected chi connectivity index (χ0v) is 11.7. The molecule has 2 aromatic rings. The molecular formula is C15H21N3O. The van der Waals surface area contributed by atoms with Crippen molar-refractivity contribution in [2.45, 2.75) is 32.5 Å². The molecule has 4 heteroatoms. The Bertz CT molecular complexity index is 479. The highest BCUT2D eigenvalue weighted by molar-refractivity contribution is 5.28. The van der Waals surface area contributed by atoms with Crippen LogP contribution in [0.2, 0.25) is 0 Å². The molecule has 4 nitrogen and oxygen atoms in total. The number of hydrogen-bond donors (Lipinski definition) is 1. The summed E-state index contributed by atoms with van der Waals surface area (Å²) in [6.07, 6.45) is 5.63. The molecule has 0 spiro atoms. The van der Waals surface area contributed by atoms with Crippen LogP contribution in [0.15, 0.2) is 43.0 Å². The number of imidazole rings is 1. The summed E-state index contributed by atoms with van der Waals surface area (Å²) in [5.74, 6) is 0.891. The maximum atomic E-state index is 5.17. The van der Waals surface area contributed by atoms with E-state index in [1.54, 1.807) is 13.3 Å². The van der Waals surface area contributed by atoms with Gasteiger partial charge >= 0.3 is 0 Å². The van der Waals surface area contributed by atoms with Gasteiger partial charge in [0.25, 0.3) is 0 Å². The normalized spacial score (nSPS) is 14.1. The zero-order chi connectivity index (χ0) is 13.7. The number of methoxy groups -OCH3 is 1. The first kappa shape index (κ1) is 13.6. The molecule has 0 amide bonds. The lowest BCUT2D eigenvalue weighted by Crippen LogP contribution is -2.32. The highest BCUT2D eigenvalue weighted by atomic mass is 16.5. The maximum Gasteiger partial charge on any atom is 0.118 e. The first-order chi connectivity index (χ1) is 9.19. The van der Waals surface area contributed by atoms with E-state index in [0.717, 1.165) is 12.3 Å². The third-order valence-electron chi connectivity index (χ3n) is 3.19. The number of benzene rings is 1. The Morgan fingerprint density at radius 1 is 1.26 bits per heavy atom. The molecule has 0 aliphatic rings. The van der Waals surface area contributed by atoms with E-state index in [0.29, 0.717) is 12.1 Å². The van der Waals surface area contributed by atoms with Crippen molar-refractivity contribution in [3.63, 3.8) is 0 Å². The minimum Gasteiger partial charge on any atom is -0.497 e. The molecule has 1 N–H and O–H groups in total. The highest BCUT2D eigenvalue weighted by Gasteiger charge is 2.09. The molecule has 2 unspecified atom stereocenters. The van der Waals surface area contributed by atoms with E-state index >= 15 is 0 Å². The van der Waals surface area contributed by atoms with Crippen molar-refractivity contribution in [3.8, 4) is 5.75 Å². The molecule has 0 aliphatic carbocycles. The Hall–Kier alpha value is -1.81. The van der Waals surface area contributed by atoms with Crippen molar-refractivity contribution in [1.29, 1.82) is 0 Å². The lowest BCUT2D eigenvalue weighted by Gasteiger charge is -2.21. The summed E-state index contributed by atoms with van der Waals surface area (Å²) in [6.45, 7) is 5.27. The molecule has 2 atom stereocenters. The average Bonchev–Trinajstić information content (AvgIpc) is 2.91. The molecule has 0 saturated heterocycles. The van der Waals surface area contributed by atoms with E-state index in [2.05, 4.69) is 40.8 Å². The van der Waals surface area contributed by atoms with E-state index < -0.39 is 0 Å². The van der Waals surface area contributed by atoms with E-state index in [4.69, 9.17) is 4.74 Å². The fourth-order valence-electron chi connectivity index (χ4n) is 2.18. The number of aromatic nitrogens is 2. The van der Waals surface area contributed by atoms with Crippen LogP contribution in [0.1, 0.15) is 25.5 Å². The monoisotopic (exact) mass is 259 g/mol. The second-order valence-electron chi connectivity index (χ2n) is 4.82. The minimum atomic E-state index is 0.310. The molecule has 1 aromatic carbocycles. The number of nitrogens with one attached hydrogen (secondary N) is 1. The molecule has 0 fully saturated rings. The van der Waals surface area contributed by atoms with Crippen molar-refractivity contribution < 1.29 is 4.74 Å². The smallest absolute Gasteiger partial charge is 0.118 e. The van der Waals surface area contributed by atoms with Gasteiger partial charge in [0.1, 0.15) is 5.75 Å². The number of rotatable bonds is 6. The van der Waals surface area contributed by atoms with Crippen molar-refractivity contribution in [3.05, 3.63) is 48.5 Å². The zero-order valence-electron chi connectivity index (χ0n) is 11.7. The van der Waals surface area contributed by atoms with Gasteiger partial charge in [-0.05, 0) is 31.5 Å². The predicted molar refractivity (Wildman–Crippen MR) is 76.2 cm³/mol. The van der Waals surface area contributed by atoms with Crippen LogP contribution >= 0.6 is 0 Å². The van der Waals surface area contributed by atoms with Crippen LogP contribution in [-0.4, -0.2) is 22.7 Å². The van der Waals surface area contributed by atoms with Crippen molar-refractivity contribution >= 4 is 0 Å². The van der Waals surface area contributed by atoms with Gasteiger partial charge in [0, 0.05) is 31.0 Å². The summed E-state index contributed by atoms with van der Waals surface area (Å²) in [5.41, 5.74) is 1.26. The predicted octanol–water partition coefficient (Wildman–Crippen LogP) is 2.63. The van der Waals surface area contributed by atoms with Crippen LogP contribution in [0.3, 0.4) is 0 Å². The van der Waals surface area contributed by atoms with Gasteiger partial charge in [0.05, 0.1) is 13.4 Å². The third-order valence-corrected chi connectivity index (χ3v) is 3.19. The van der Waals surface area contributed by atoms with Gasteiger partial charge in [0.15, 0.2) is 0 Å². The Kier molecular flexibility index (Phi) is 4.58. The molecule has 19 heavy (non-hydrogen) atoms. The number of ether oxygens (including phenoxy) is 1. The maximum absolute atomic E-state index is 5.17. The molecule has 1 aromatic heterocycles. The van der Waals surface area contributed by atoms with E-state index in [1.165, 1.54) is 5.56 Å². The molecule has 0 saturated carbocycles. The topological polar surface area (TPSA) is 39.1 Å². The van der Waals surface area contributed by atoms with Crippen LogP contribution in [0.25, 0.3) is 0 Å². The Labute approximate surface area is 114 Å². The van der Waals surface area contributed by atoms with Gasteiger partial charge < -0.3 is 14.6 Å². The van der Waals surface area contributed by atoms with Gasteiger partial charge in [0.2, 0.25) is 0 Å². The largest absolute Gasteiger partial charge is 0.497 e. The lowest BCUT2D eigenvalue weighted by molar-refractivity contribution is 0.412. The third kappa shape index (κ3) is 3.83. The summed E-state index contributed by atoms with van der Waals surface area (Å²) < 4.78 is 7.25. The van der Waals surface area contributed by atoms with Gasteiger partial charge in [-0.25, -0.2) is 4.98 Å². The quantitative estimate of drug-likeness (QED) is 0.866. The second kappa shape index (κ2) is 6.38. The van der Waals surface area contributed by atoms with E-state index in [1.807, 2.05) is 24.7 Å². The van der Waals surface area contributed by atoms with Crippen LogP contribution < -0.4 is 10.1 Å². The fourth-order valence-corrected chi connectivity index (χ4v) is 2.18. The van der Waals surface area contributed by atoms with Crippen LogP contribution in [-0.2, 0) is 6.54 Å². The molecule has 1 heterocycles. The van der Waals surface area contributed by atoms with Crippen LogP contribution in [0.4, 0.5) is 0 Å². The first-order valence-electron chi connectivity index (χ1n) is 6.55. The number of nitrogens with zero attached hydrogens (tertiary/aromatic N) is 2. The molecule has 0 aliphatic heterocycles. The van der Waals surface area contributed by atoms with Gasteiger partial charge in [-0.2, -0.15) is 0 Å². The summed E-state index contributed by atoms with van der Waals surface area (Å²) in [5, 5.41) is 3.58. The second-order valence-corrected chi connectivity index (χ2v) is 4.82. The summed E-state index contributed by atoms with van der Waals surface area (Å²) >= 11 is 0. The fraction of sp³-hybridized carbons (Fsp3) is 0.400. The Morgan fingerprint density at radius 2 is 2.00 bits per heavy atom. The lowest BCUT2D eigenvalue weighted by atomic mass is 10.1. The SMILES string of the molecule is COc1ccc(C(C)NC(C)Cn2ccnc2)cc1. The van der Waals surface area contributed by atoms with Gasteiger partial charge in [-0.1, -0.05) is 12.1 Å². The molecule has 102 valence electrons. The van der Waals surface area contributed by atoms with E-state index in [9.17, 15) is 0 Å². The Morgan fingerprint density at radius 3 is 2.58 bits per heavy atom. The van der Waals surface area contributed by atoms with Gasteiger partial charge in [-0.15, -0.1) is 0 Å². The summed E-state index contributed by atoms with van der Waals surface area (Å²) in [6, 6.07) is 8.87. The van der Waals surface area contributed by atoms with Gasteiger partial charge in [-0.3, -0.25) is 0 Å². The van der Waals surface area contributed by atoms with Crippen LogP contribution in [0, 0.1) is 0 Å². The molecular weight excluding hydrogens is 238 g/mol. The summed E-state index contributed by atoms with van der Waals surface area (Å²) in [7, 11) is 1.68. The average molecular weight is 259 g/mol. The molecule has 0 bridgehead atoms. The molecule has 2 rings (SSSR count). The van der Waals surface area contributed by atoms with Crippen molar-refractivity contribution in [1.82, 2.24) is 14.9 Å². The highest BCUT2D eigenvalue weighted by Crippen LogP contribution is 2.17. The molecule has 0 radical (unpaired) electrons. The van der Waals surface area contributed by atoms with Crippen LogP contribution in [0.5, 0.6) is 5.75 Å². The number of hydrogen-bond acceptors (Lipinski definition) is 3. The van der Waals surface area contributed by atoms with Crippen molar-refractivity contribution in [2.24, 2.45) is 0 Å². The van der Waals surface area contributed by atoms with E-state index in [-0.39, 0.29) is 0 Å². The first-order valence-corrected chi connectivity index (χ1v) is 6.55. The standard InChI is InChI=1S/C15H21N3O/c1-12(10-18-9-8-16-11-18)17-13(2)14-4-6-15(19-3)7-5-14/h4-9,11-13,17H,10H2,1-3H3. The summed E-state index contributed by atoms with van der Waals surface area (Å²) in [4.78, 5) is 4.05. The minimum absolute atomic E-state index is 0.310. The van der Waals surface area contributed by atoms with Crippen molar-refractivity contribution in [2.75, 3.05) is 7.11 Å². The Balaban J connectivity index is 1.90.